The Bertz CT molecular complexity index is 696. The zero-order valence-electron chi connectivity index (χ0n) is 12.1. The van der Waals surface area contributed by atoms with Crippen molar-refractivity contribution in [1.29, 1.82) is 0 Å². The van der Waals surface area contributed by atoms with E-state index in [1.54, 1.807) is 11.3 Å². The van der Waals surface area contributed by atoms with Crippen LogP contribution >= 0.6 is 11.3 Å². The van der Waals surface area contributed by atoms with E-state index in [9.17, 15) is 14.0 Å². The summed E-state index contributed by atoms with van der Waals surface area (Å²) in [6.45, 7) is 2.03. The molecule has 0 bridgehead atoms. The molecule has 0 saturated heterocycles. The van der Waals surface area contributed by atoms with Crippen LogP contribution < -0.4 is 5.32 Å². The third-order valence-corrected chi connectivity index (χ3v) is 4.17. The minimum atomic E-state index is -1.21. The SMILES string of the molecule is Cc1ccc(CCCC(=O)Nc2ccc(C(=O)O)cc2F)s1. The number of aromatic carboxylic acids is 1. The maximum absolute atomic E-state index is 13.7. The molecule has 0 aliphatic rings. The van der Waals surface area contributed by atoms with Crippen LogP contribution in [0.25, 0.3) is 0 Å². The first-order valence-electron chi connectivity index (χ1n) is 6.83. The quantitative estimate of drug-likeness (QED) is 0.849. The summed E-state index contributed by atoms with van der Waals surface area (Å²) < 4.78 is 13.7. The molecule has 0 aliphatic heterocycles. The summed E-state index contributed by atoms with van der Waals surface area (Å²) in [6, 6.07) is 7.50. The average Bonchev–Trinajstić information content (AvgIpc) is 2.86. The van der Waals surface area contributed by atoms with Crippen LogP contribution in [0.4, 0.5) is 10.1 Å². The van der Waals surface area contributed by atoms with Gasteiger partial charge in [0.15, 0.2) is 0 Å². The highest BCUT2D eigenvalue weighted by Gasteiger charge is 2.10. The molecule has 1 amide bonds. The molecule has 1 aromatic heterocycles. The predicted octanol–water partition coefficient (Wildman–Crippen LogP) is 3.86. The van der Waals surface area contributed by atoms with E-state index >= 15 is 0 Å². The maximum Gasteiger partial charge on any atom is 0.335 e. The van der Waals surface area contributed by atoms with Crippen LogP contribution in [0.15, 0.2) is 30.3 Å². The number of carbonyl (C=O) groups excluding carboxylic acids is 1. The van der Waals surface area contributed by atoms with Crippen LogP contribution in [-0.4, -0.2) is 17.0 Å². The minimum Gasteiger partial charge on any atom is -0.478 e. The van der Waals surface area contributed by atoms with Crippen LogP contribution in [0.1, 0.15) is 33.0 Å². The lowest BCUT2D eigenvalue weighted by molar-refractivity contribution is -0.116. The van der Waals surface area contributed by atoms with Crippen molar-refractivity contribution < 1.29 is 19.1 Å². The Labute approximate surface area is 131 Å². The second-order valence-corrected chi connectivity index (χ2v) is 6.29. The van der Waals surface area contributed by atoms with Crippen molar-refractivity contribution in [3.63, 3.8) is 0 Å². The van der Waals surface area contributed by atoms with Crippen molar-refractivity contribution in [3.05, 3.63) is 51.5 Å². The smallest absolute Gasteiger partial charge is 0.335 e. The molecule has 0 atom stereocenters. The van der Waals surface area contributed by atoms with E-state index in [1.807, 2.05) is 19.1 Å². The fourth-order valence-corrected chi connectivity index (χ4v) is 2.94. The van der Waals surface area contributed by atoms with Gasteiger partial charge in [-0.2, -0.15) is 0 Å². The van der Waals surface area contributed by atoms with Crippen molar-refractivity contribution in [2.24, 2.45) is 0 Å². The van der Waals surface area contributed by atoms with Gasteiger partial charge in [0.2, 0.25) is 5.91 Å². The number of thiophene rings is 1. The lowest BCUT2D eigenvalue weighted by Gasteiger charge is -2.07. The fourth-order valence-electron chi connectivity index (χ4n) is 2.00. The summed E-state index contributed by atoms with van der Waals surface area (Å²) in [7, 11) is 0. The number of carbonyl (C=O) groups is 2. The lowest BCUT2D eigenvalue weighted by atomic mass is 10.1. The number of hydrogen-bond acceptors (Lipinski definition) is 3. The molecule has 22 heavy (non-hydrogen) atoms. The van der Waals surface area contributed by atoms with Gasteiger partial charge in [0, 0.05) is 16.2 Å². The first kappa shape index (κ1) is 16.2. The van der Waals surface area contributed by atoms with Gasteiger partial charge in [0.25, 0.3) is 0 Å². The normalized spacial score (nSPS) is 10.5. The third-order valence-electron chi connectivity index (χ3n) is 3.11. The van der Waals surface area contributed by atoms with E-state index < -0.39 is 11.8 Å². The molecule has 2 N–H and O–H groups in total. The van der Waals surface area contributed by atoms with Gasteiger partial charge in [0.05, 0.1) is 11.3 Å². The van der Waals surface area contributed by atoms with Gasteiger partial charge in [-0.3, -0.25) is 4.79 Å². The highest BCUT2D eigenvalue weighted by molar-refractivity contribution is 7.11. The Kier molecular flexibility index (Phi) is 5.27. The summed E-state index contributed by atoms with van der Waals surface area (Å²) in [5.41, 5.74) is -0.148. The van der Waals surface area contributed by atoms with E-state index in [4.69, 9.17) is 5.11 Å². The predicted molar refractivity (Wildman–Crippen MR) is 84.0 cm³/mol. The van der Waals surface area contributed by atoms with Crippen LogP contribution in [0.5, 0.6) is 0 Å². The molecule has 0 unspecified atom stereocenters. The van der Waals surface area contributed by atoms with E-state index in [2.05, 4.69) is 5.32 Å². The van der Waals surface area contributed by atoms with E-state index in [0.29, 0.717) is 6.42 Å². The highest BCUT2D eigenvalue weighted by Crippen LogP contribution is 2.19. The van der Waals surface area contributed by atoms with Crippen molar-refractivity contribution in [1.82, 2.24) is 0 Å². The number of nitrogens with one attached hydrogen (secondary N) is 1. The topological polar surface area (TPSA) is 66.4 Å². The standard InChI is InChI=1S/C16H16FNO3S/c1-10-5-7-12(22-10)3-2-4-15(19)18-14-8-6-11(16(20)21)9-13(14)17/h5-9H,2-4H2,1H3,(H,18,19)(H,20,21). The zero-order chi connectivity index (χ0) is 16.1. The van der Waals surface area contributed by atoms with Crippen LogP contribution in [-0.2, 0) is 11.2 Å². The first-order chi connectivity index (χ1) is 10.5. The van der Waals surface area contributed by atoms with E-state index in [0.717, 1.165) is 12.5 Å². The van der Waals surface area contributed by atoms with Gasteiger partial charge >= 0.3 is 5.97 Å². The molecule has 2 aromatic rings. The molecular formula is C16H16FNO3S. The van der Waals surface area contributed by atoms with Gasteiger partial charge in [-0.25, -0.2) is 9.18 Å². The van der Waals surface area contributed by atoms with Crippen LogP contribution in [0, 0.1) is 12.7 Å². The Hall–Kier alpha value is -2.21. The molecule has 0 radical (unpaired) electrons. The van der Waals surface area contributed by atoms with E-state index in [-0.39, 0.29) is 23.6 Å². The number of aryl methyl sites for hydroxylation is 2. The maximum atomic E-state index is 13.7. The number of carboxylic acids is 1. The largest absolute Gasteiger partial charge is 0.478 e. The van der Waals surface area contributed by atoms with Crippen molar-refractivity contribution in [2.45, 2.75) is 26.2 Å². The molecule has 116 valence electrons. The Morgan fingerprint density at radius 3 is 2.64 bits per heavy atom. The number of carboxylic acid groups (broad SMARTS) is 1. The number of rotatable bonds is 6. The summed E-state index contributed by atoms with van der Waals surface area (Å²) in [6.07, 6.45) is 1.78. The first-order valence-corrected chi connectivity index (χ1v) is 7.65. The minimum absolute atomic E-state index is 0.00182. The summed E-state index contributed by atoms with van der Waals surface area (Å²) in [5, 5.41) is 11.2. The second kappa shape index (κ2) is 7.17. The molecule has 1 aromatic carbocycles. The summed E-state index contributed by atoms with van der Waals surface area (Å²) >= 11 is 1.70. The van der Waals surface area contributed by atoms with Gasteiger partial charge in [0.1, 0.15) is 5.82 Å². The molecule has 0 fully saturated rings. The number of amides is 1. The summed E-state index contributed by atoms with van der Waals surface area (Å²) in [4.78, 5) is 25.0. The third kappa shape index (κ3) is 4.39. The molecule has 2 rings (SSSR count). The van der Waals surface area contributed by atoms with Gasteiger partial charge in [-0.15, -0.1) is 11.3 Å². The molecule has 0 saturated carbocycles. The number of halogens is 1. The molecule has 1 heterocycles. The van der Waals surface area contributed by atoms with Gasteiger partial charge in [-0.05, 0) is 50.1 Å². The Morgan fingerprint density at radius 2 is 2.05 bits per heavy atom. The molecule has 4 nitrogen and oxygen atoms in total. The fraction of sp³-hybridized carbons (Fsp3) is 0.250. The zero-order valence-corrected chi connectivity index (χ0v) is 12.9. The molecule has 0 aliphatic carbocycles. The van der Waals surface area contributed by atoms with Crippen molar-refractivity contribution in [2.75, 3.05) is 5.32 Å². The number of anilines is 1. The highest BCUT2D eigenvalue weighted by atomic mass is 32.1. The Morgan fingerprint density at radius 1 is 1.27 bits per heavy atom. The van der Waals surface area contributed by atoms with Gasteiger partial charge in [-0.1, -0.05) is 0 Å². The van der Waals surface area contributed by atoms with Gasteiger partial charge < -0.3 is 10.4 Å². The Balaban J connectivity index is 1.85. The number of benzene rings is 1. The molecule has 0 spiro atoms. The second-order valence-electron chi connectivity index (χ2n) is 4.91. The number of hydrogen-bond donors (Lipinski definition) is 2. The lowest BCUT2D eigenvalue weighted by Crippen LogP contribution is -2.13. The van der Waals surface area contributed by atoms with Crippen molar-refractivity contribution in [3.8, 4) is 0 Å². The summed E-state index contributed by atoms with van der Waals surface area (Å²) in [5.74, 6) is -2.24. The molecule has 6 heteroatoms. The van der Waals surface area contributed by atoms with Crippen LogP contribution in [0.2, 0.25) is 0 Å². The molecular weight excluding hydrogens is 305 g/mol. The average molecular weight is 321 g/mol. The monoisotopic (exact) mass is 321 g/mol. The van der Waals surface area contributed by atoms with Crippen molar-refractivity contribution >= 4 is 28.9 Å². The van der Waals surface area contributed by atoms with E-state index in [1.165, 1.54) is 21.9 Å². The van der Waals surface area contributed by atoms with Crippen LogP contribution in [0.3, 0.4) is 0 Å².